The van der Waals surface area contributed by atoms with Gasteiger partial charge in [-0.2, -0.15) is 5.10 Å². The molecular weight excluding hydrogens is 334 g/mol. The van der Waals surface area contributed by atoms with Crippen LogP contribution in [0.15, 0.2) is 40.0 Å². The molecule has 0 aliphatic heterocycles. The molecule has 0 aliphatic rings. The standard InChI is InChI=1S/C11H12BrN3O3S/c1-18-10-3-2-9(12)4-11(10)19(16,17)15-7-8-5-13-14-6-8/h2-6,15H,7H2,1H3,(H,13,14). The van der Waals surface area contributed by atoms with E-state index < -0.39 is 10.0 Å². The van der Waals surface area contributed by atoms with Gasteiger partial charge in [-0.1, -0.05) is 15.9 Å². The summed E-state index contributed by atoms with van der Waals surface area (Å²) in [6, 6.07) is 4.81. The van der Waals surface area contributed by atoms with E-state index in [1.54, 1.807) is 24.5 Å². The van der Waals surface area contributed by atoms with Crippen molar-refractivity contribution in [1.82, 2.24) is 14.9 Å². The Hall–Kier alpha value is -1.38. The predicted molar refractivity (Wildman–Crippen MR) is 73.3 cm³/mol. The molecule has 1 aromatic heterocycles. The summed E-state index contributed by atoms with van der Waals surface area (Å²) in [6.45, 7) is 0.161. The molecule has 102 valence electrons. The maximum Gasteiger partial charge on any atom is 0.244 e. The Labute approximate surface area is 119 Å². The summed E-state index contributed by atoms with van der Waals surface area (Å²) >= 11 is 3.25. The number of hydrogen-bond donors (Lipinski definition) is 2. The van der Waals surface area contributed by atoms with E-state index in [1.807, 2.05) is 0 Å². The molecule has 8 heteroatoms. The molecule has 0 spiro atoms. The van der Waals surface area contributed by atoms with Crippen molar-refractivity contribution in [3.8, 4) is 5.75 Å². The first kappa shape index (κ1) is 14.0. The molecule has 1 aromatic carbocycles. The van der Waals surface area contributed by atoms with Gasteiger partial charge in [0.25, 0.3) is 0 Å². The van der Waals surface area contributed by atoms with Crippen LogP contribution in [-0.2, 0) is 16.6 Å². The quantitative estimate of drug-likeness (QED) is 0.862. The van der Waals surface area contributed by atoms with Gasteiger partial charge in [0.2, 0.25) is 10.0 Å². The fourth-order valence-electron chi connectivity index (χ4n) is 1.49. The molecule has 0 bridgehead atoms. The van der Waals surface area contributed by atoms with E-state index in [4.69, 9.17) is 4.74 Å². The fourth-order valence-corrected chi connectivity index (χ4v) is 3.21. The summed E-state index contributed by atoms with van der Waals surface area (Å²) in [5, 5.41) is 6.37. The number of nitrogens with one attached hydrogen (secondary N) is 2. The molecule has 2 aromatic rings. The van der Waals surface area contributed by atoms with Gasteiger partial charge >= 0.3 is 0 Å². The van der Waals surface area contributed by atoms with Crippen LogP contribution in [-0.4, -0.2) is 25.7 Å². The van der Waals surface area contributed by atoms with Crippen molar-refractivity contribution >= 4 is 26.0 Å². The van der Waals surface area contributed by atoms with Crippen molar-refractivity contribution in [2.24, 2.45) is 0 Å². The Morgan fingerprint density at radius 3 is 2.89 bits per heavy atom. The van der Waals surface area contributed by atoms with E-state index in [0.717, 1.165) is 5.56 Å². The average Bonchev–Trinajstić information content (AvgIpc) is 2.89. The topological polar surface area (TPSA) is 84.1 Å². The van der Waals surface area contributed by atoms with Gasteiger partial charge in [0.05, 0.1) is 13.3 Å². The zero-order valence-electron chi connectivity index (χ0n) is 10.1. The molecule has 0 atom stereocenters. The SMILES string of the molecule is COc1ccc(Br)cc1S(=O)(=O)NCc1cn[nH]c1. The molecule has 6 nitrogen and oxygen atoms in total. The zero-order valence-corrected chi connectivity index (χ0v) is 12.5. The maximum atomic E-state index is 12.2. The third-order valence-corrected chi connectivity index (χ3v) is 4.35. The Morgan fingerprint density at radius 1 is 1.47 bits per heavy atom. The highest BCUT2D eigenvalue weighted by molar-refractivity contribution is 9.10. The molecular formula is C11H12BrN3O3S. The Balaban J connectivity index is 2.26. The number of methoxy groups -OCH3 is 1. The van der Waals surface area contributed by atoms with Gasteiger partial charge in [0.15, 0.2) is 0 Å². The van der Waals surface area contributed by atoms with Crippen LogP contribution in [0, 0.1) is 0 Å². The first-order chi connectivity index (χ1) is 9.03. The second-order valence-electron chi connectivity index (χ2n) is 3.73. The largest absolute Gasteiger partial charge is 0.495 e. The fraction of sp³-hybridized carbons (Fsp3) is 0.182. The van der Waals surface area contributed by atoms with Gasteiger partial charge in [0.1, 0.15) is 10.6 Å². The minimum Gasteiger partial charge on any atom is -0.495 e. The van der Waals surface area contributed by atoms with E-state index >= 15 is 0 Å². The van der Waals surface area contributed by atoms with Crippen molar-refractivity contribution < 1.29 is 13.2 Å². The third kappa shape index (κ3) is 3.34. The second-order valence-corrected chi connectivity index (χ2v) is 6.38. The normalized spacial score (nSPS) is 11.5. The second kappa shape index (κ2) is 5.72. The van der Waals surface area contributed by atoms with Crippen molar-refractivity contribution in [1.29, 1.82) is 0 Å². The number of aromatic nitrogens is 2. The molecule has 0 saturated carbocycles. The lowest BCUT2D eigenvalue weighted by Crippen LogP contribution is -2.23. The minimum atomic E-state index is -3.65. The van der Waals surface area contributed by atoms with Crippen LogP contribution in [0.4, 0.5) is 0 Å². The number of H-pyrrole nitrogens is 1. The monoisotopic (exact) mass is 345 g/mol. The average molecular weight is 346 g/mol. The Kier molecular flexibility index (Phi) is 4.23. The summed E-state index contributed by atoms with van der Waals surface area (Å²) < 4.78 is 32.7. The summed E-state index contributed by atoms with van der Waals surface area (Å²) in [7, 11) is -2.22. The Morgan fingerprint density at radius 2 is 2.26 bits per heavy atom. The number of rotatable bonds is 5. The van der Waals surface area contributed by atoms with Crippen LogP contribution >= 0.6 is 15.9 Å². The predicted octanol–water partition coefficient (Wildman–Crippen LogP) is 1.66. The first-order valence-electron chi connectivity index (χ1n) is 5.34. The van der Waals surface area contributed by atoms with Crippen molar-refractivity contribution in [2.75, 3.05) is 7.11 Å². The van der Waals surface area contributed by atoms with Crippen molar-refractivity contribution in [3.05, 3.63) is 40.6 Å². The molecule has 2 N–H and O–H groups in total. The minimum absolute atomic E-state index is 0.0906. The molecule has 0 aliphatic carbocycles. The van der Waals surface area contributed by atoms with Crippen LogP contribution in [0.5, 0.6) is 5.75 Å². The van der Waals surface area contributed by atoms with Crippen molar-refractivity contribution in [2.45, 2.75) is 11.4 Å². The highest BCUT2D eigenvalue weighted by atomic mass is 79.9. The summed E-state index contributed by atoms with van der Waals surface area (Å²) in [5.74, 6) is 0.294. The lowest BCUT2D eigenvalue weighted by molar-refractivity contribution is 0.402. The van der Waals surface area contributed by atoms with E-state index in [9.17, 15) is 8.42 Å². The maximum absolute atomic E-state index is 12.2. The highest BCUT2D eigenvalue weighted by Gasteiger charge is 2.19. The molecule has 0 amide bonds. The summed E-state index contributed by atoms with van der Waals surface area (Å²) in [4.78, 5) is 0.0906. The number of nitrogens with zero attached hydrogens (tertiary/aromatic N) is 1. The van der Waals surface area contributed by atoms with E-state index in [2.05, 4.69) is 30.8 Å². The molecule has 1 heterocycles. The van der Waals surface area contributed by atoms with E-state index in [0.29, 0.717) is 10.2 Å². The van der Waals surface area contributed by atoms with Gasteiger partial charge in [-0.3, -0.25) is 5.10 Å². The summed E-state index contributed by atoms with van der Waals surface area (Å²) in [6.07, 6.45) is 3.18. The number of sulfonamides is 1. The molecule has 19 heavy (non-hydrogen) atoms. The van der Waals surface area contributed by atoms with Crippen LogP contribution in [0.2, 0.25) is 0 Å². The third-order valence-electron chi connectivity index (χ3n) is 2.44. The highest BCUT2D eigenvalue weighted by Crippen LogP contribution is 2.27. The van der Waals surface area contributed by atoms with Crippen LogP contribution in [0.25, 0.3) is 0 Å². The smallest absolute Gasteiger partial charge is 0.244 e. The Bertz CT molecular complexity index is 656. The number of benzene rings is 1. The molecule has 0 radical (unpaired) electrons. The number of hydrogen-bond acceptors (Lipinski definition) is 4. The van der Waals surface area contributed by atoms with Gasteiger partial charge in [-0.25, -0.2) is 13.1 Å². The lowest BCUT2D eigenvalue weighted by Gasteiger charge is -2.10. The van der Waals surface area contributed by atoms with Gasteiger partial charge in [-0.05, 0) is 18.2 Å². The number of ether oxygens (including phenoxy) is 1. The van der Waals surface area contributed by atoms with Crippen molar-refractivity contribution in [3.63, 3.8) is 0 Å². The van der Waals surface area contributed by atoms with Gasteiger partial charge in [-0.15, -0.1) is 0 Å². The molecule has 2 rings (SSSR count). The first-order valence-corrected chi connectivity index (χ1v) is 7.61. The molecule has 0 unspecified atom stereocenters. The van der Waals surface area contributed by atoms with Crippen LogP contribution in [0.1, 0.15) is 5.56 Å². The summed E-state index contributed by atoms with van der Waals surface area (Å²) in [5.41, 5.74) is 0.748. The number of halogens is 1. The molecule has 0 saturated heterocycles. The zero-order chi connectivity index (χ0) is 13.9. The molecule has 0 fully saturated rings. The van der Waals surface area contributed by atoms with E-state index in [-0.39, 0.29) is 11.4 Å². The number of aromatic amines is 1. The van der Waals surface area contributed by atoms with E-state index in [1.165, 1.54) is 13.2 Å². The van der Waals surface area contributed by atoms with Crippen LogP contribution < -0.4 is 9.46 Å². The van der Waals surface area contributed by atoms with Gasteiger partial charge < -0.3 is 4.74 Å². The lowest BCUT2D eigenvalue weighted by atomic mass is 10.3. The van der Waals surface area contributed by atoms with Crippen LogP contribution in [0.3, 0.4) is 0 Å². The van der Waals surface area contributed by atoms with Gasteiger partial charge in [0, 0.05) is 22.8 Å².